The van der Waals surface area contributed by atoms with Gasteiger partial charge in [0.25, 0.3) is 0 Å². The van der Waals surface area contributed by atoms with Crippen molar-refractivity contribution in [3.05, 3.63) is 52.2 Å². The lowest BCUT2D eigenvalue weighted by molar-refractivity contribution is 0.723. The van der Waals surface area contributed by atoms with Crippen LogP contribution in [-0.2, 0) is 25.8 Å². The third-order valence-corrected chi connectivity index (χ3v) is 6.11. The van der Waals surface area contributed by atoms with Gasteiger partial charge in [0, 0.05) is 18.0 Å². The second-order valence-electron chi connectivity index (χ2n) is 6.18. The molecule has 3 nitrogen and oxygen atoms in total. The summed E-state index contributed by atoms with van der Waals surface area (Å²) < 4.78 is 0. The monoisotopic (exact) mass is 307 g/mol. The van der Waals surface area contributed by atoms with Gasteiger partial charge in [-0.05, 0) is 42.4 Å². The quantitative estimate of drug-likeness (QED) is 0.686. The number of hydrogen-bond donors (Lipinski definition) is 0. The Labute approximate surface area is 133 Å². The molecule has 110 valence electrons. The van der Waals surface area contributed by atoms with E-state index < -0.39 is 0 Å². The molecular formula is C18H17N3S. The molecule has 1 aromatic carbocycles. The number of aromatic nitrogens is 2. The Bertz CT molecular complexity index is 868. The molecule has 0 amide bonds. The minimum Gasteiger partial charge on any atom is -0.351 e. The number of thiophene rings is 1. The molecule has 1 aliphatic carbocycles. The van der Waals surface area contributed by atoms with E-state index in [4.69, 9.17) is 0 Å². The first kappa shape index (κ1) is 12.6. The molecule has 0 bridgehead atoms. The zero-order valence-electron chi connectivity index (χ0n) is 12.4. The highest BCUT2D eigenvalue weighted by Crippen LogP contribution is 2.40. The highest BCUT2D eigenvalue weighted by molar-refractivity contribution is 7.19. The van der Waals surface area contributed by atoms with Crippen LogP contribution in [0.3, 0.4) is 0 Å². The SMILES string of the molecule is c1ccc2c(c1)CCN(c1ncnc3sc4c(c13)CCC4)C2. The highest BCUT2D eigenvalue weighted by atomic mass is 32.1. The molecular weight excluding hydrogens is 290 g/mol. The average molecular weight is 307 g/mol. The first-order valence-electron chi connectivity index (χ1n) is 7.97. The Morgan fingerprint density at radius 3 is 2.86 bits per heavy atom. The maximum Gasteiger partial charge on any atom is 0.141 e. The summed E-state index contributed by atoms with van der Waals surface area (Å²) >= 11 is 1.87. The smallest absolute Gasteiger partial charge is 0.141 e. The van der Waals surface area contributed by atoms with Gasteiger partial charge < -0.3 is 4.90 Å². The second-order valence-corrected chi connectivity index (χ2v) is 7.26. The van der Waals surface area contributed by atoms with Crippen molar-refractivity contribution >= 4 is 27.4 Å². The van der Waals surface area contributed by atoms with Crippen molar-refractivity contribution in [1.82, 2.24) is 9.97 Å². The summed E-state index contributed by atoms with van der Waals surface area (Å²) in [7, 11) is 0. The first-order chi connectivity index (χ1) is 10.9. The molecule has 0 saturated heterocycles. The van der Waals surface area contributed by atoms with Crippen molar-refractivity contribution < 1.29 is 0 Å². The summed E-state index contributed by atoms with van der Waals surface area (Å²) in [6.07, 6.45) is 6.55. The molecule has 1 aliphatic heterocycles. The van der Waals surface area contributed by atoms with Gasteiger partial charge >= 0.3 is 0 Å². The Hall–Kier alpha value is -1.94. The van der Waals surface area contributed by atoms with E-state index >= 15 is 0 Å². The van der Waals surface area contributed by atoms with Gasteiger partial charge in [-0.25, -0.2) is 9.97 Å². The number of hydrogen-bond acceptors (Lipinski definition) is 4. The fourth-order valence-electron chi connectivity index (χ4n) is 3.83. The van der Waals surface area contributed by atoms with E-state index in [2.05, 4.69) is 39.1 Å². The molecule has 0 N–H and O–H groups in total. The van der Waals surface area contributed by atoms with Crippen LogP contribution in [0.4, 0.5) is 5.82 Å². The van der Waals surface area contributed by atoms with Crippen LogP contribution in [0.15, 0.2) is 30.6 Å². The van der Waals surface area contributed by atoms with E-state index in [9.17, 15) is 0 Å². The summed E-state index contributed by atoms with van der Waals surface area (Å²) in [5.41, 5.74) is 4.45. The summed E-state index contributed by atoms with van der Waals surface area (Å²) in [4.78, 5) is 14.4. The van der Waals surface area contributed by atoms with Crippen molar-refractivity contribution in [1.29, 1.82) is 0 Å². The molecule has 2 aromatic heterocycles. The molecule has 5 rings (SSSR count). The molecule has 0 radical (unpaired) electrons. The molecule has 4 heteroatoms. The molecule has 0 atom stereocenters. The summed E-state index contributed by atoms with van der Waals surface area (Å²) in [5, 5.41) is 1.33. The molecule has 2 aliphatic rings. The lowest BCUT2D eigenvalue weighted by atomic mass is 9.99. The van der Waals surface area contributed by atoms with Crippen molar-refractivity contribution in [2.45, 2.75) is 32.2 Å². The minimum absolute atomic E-state index is 0.965. The Balaban J connectivity index is 1.63. The van der Waals surface area contributed by atoms with E-state index in [1.807, 2.05) is 11.3 Å². The molecule has 0 spiro atoms. The first-order valence-corrected chi connectivity index (χ1v) is 8.79. The van der Waals surface area contributed by atoms with Crippen LogP contribution in [0.5, 0.6) is 0 Å². The molecule has 0 unspecified atom stereocenters. The van der Waals surface area contributed by atoms with Gasteiger partial charge in [-0.3, -0.25) is 0 Å². The van der Waals surface area contributed by atoms with Crippen LogP contribution >= 0.6 is 11.3 Å². The van der Waals surface area contributed by atoms with Gasteiger partial charge in [0.2, 0.25) is 0 Å². The fourth-order valence-corrected chi connectivity index (χ4v) is 5.05. The number of anilines is 1. The highest BCUT2D eigenvalue weighted by Gasteiger charge is 2.25. The predicted molar refractivity (Wildman–Crippen MR) is 90.6 cm³/mol. The van der Waals surface area contributed by atoms with Gasteiger partial charge in [-0.2, -0.15) is 0 Å². The minimum atomic E-state index is 0.965. The molecule has 0 fully saturated rings. The zero-order chi connectivity index (χ0) is 14.5. The average Bonchev–Trinajstić information content (AvgIpc) is 3.14. The third-order valence-electron chi connectivity index (χ3n) is 4.91. The predicted octanol–water partition coefficient (Wildman–Crippen LogP) is 3.74. The van der Waals surface area contributed by atoms with E-state index in [0.717, 1.165) is 25.3 Å². The third kappa shape index (κ3) is 1.80. The lowest BCUT2D eigenvalue weighted by Gasteiger charge is -2.30. The maximum absolute atomic E-state index is 4.67. The Morgan fingerprint density at radius 1 is 1.00 bits per heavy atom. The standard InChI is InChI=1S/C18H17N3S/c1-2-5-13-10-21(9-8-12(13)4-1)17-16-14-6-3-7-15(14)22-18(16)20-11-19-17/h1-2,4-5,11H,3,6-10H2. The van der Waals surface area contributed by atoms with E-state index in [0.29, 0.717) is 0 Å². The van der Waals surface area contributed by atoms with Crippen molar-refractivity contribution in [2.75, 3.05) is 11.4 Å². The van der Waals surface area contributed by atoms with Crippen LogP contribution in [0.2, 0.25) is 0 Å². The fraction of sp³-hybridized carbons (Fsp3) is 0.333. The van der Waals surface area contributed by atoms with Gasteiger partial charge in [-0.15, -0.1) is 11.3 Å². The largest absolute Gasteiger partial charge is 0.351 e. The summed E-state index contributed by atoms with van der Waals surface area (Å²) in [6, 6.07) is 8.78. The van der Waals surface area contributed by atoms with Crippen LogP contribution in [-0.4, -0.2) is 16.5 Å². The summed E-state index contributed by atoms with van der Waals surface area (Å²) in [6.45, 7) is 2.01. The second kappa shape index (κ2) is 4.78. The van der Waals surface area contributed by atoms with Crippen LogP contribution in [0, 0.1) is 0 Å². The lowest BCUT2D eigenvalue weighted by Crippen LogP contribution is -2.31. The normalized spacial score (nSPS) is 16.8. The van der Waals surface area contributed by atoms with E-state index in [-0.39, 0.29) is 0 Å². The van der Waals surface area contributed by atoms with E-state index in [1.165, 1.54) is 51.0 Å². The number of rotatable bonds is 1. The number of aryl methyl sites for hydroxylation is 2. The molecule has 3 aromatic rings. The van der Waals surface area contributed by atoms with Gasteiger partial charge in [0.1, 0.15) is 17.0 Å². The zero-order valence-corrected chi connectivity index (χ0v) is 13.2. The van der Waals surface area contributed by atoms with Crippen molar-refractivity contribution in [3.63, 3.8) is 0 Å². The number of benzene rings is 1. The summed E-state index contributed by atoms with van der Waals surface area (Å²) in [5.74, 6) is 1.15. The van der Waals surface area contributed by atoms with Gasteiger partial charge in [0.15, 0.2) is 0 Å². The van der Waals surface area contributed by atoms with E-state index in [1.54, 1.807) is 6.33 Å². The number of fused-ring (bicyclic) bond motifs is 4. The van der Waals surface area contributed by atoms with Crippen LogP contribution < -0.4 is 4.90 Å². The maximum atomic E-state index is 4.67. The van der Waals surface area contributed by atoms with Crippen LogP contribution in [0.25, 0.3) is 10.2 Å². The van der Waals surface area contributed by atoms with Gasteiger partial charge in [-0.1, -0.05) is 24.3 Å². The molecule has 0 saturated carbocycles. The Morgan fingerprint density at radius 2 is 1.91 bits per heavy atom. The molecule has 22 heavy (non-hydrogen) atoms. The molecule has 3 heterocycles. The van der Waals surface area contributed by atoms with Crippen LogP contribution in [0.1, 0.15) is 28.0 Å². The van der Waals surface area contributed by atoms with Gasteiger partial charge in [0.05, 0.1) is 5.39 Å². The van der Waals surface area contributed by atoms with Crippen molar-refractivity contribution in [3.8, 4) is 0 Å². The Kier molecular flexibility index (Phi) is 2.74. The van der Waals surface area contributed by atoms with Crippen molar-refractivity contribution in [2.24, 2.45) is 0 Å². The topological polar surface area (TPSA) is 29.0 Å². The number of nitrogens with zero attached hydrogens (tertiary/aromatic N) is 3.